The molecule has 0 aromatic carbocycles. The number of aromatic amines is 1. The highest BCUT2D eigenvalue weighted by molar-refractivity contribution is 6.05. The molecule has 0 radical (unpaired) electrons. The van der Waals surface area contributed by atoms with Crippen LogP contribution in [0.3, 0.4) is 0 Å². The highest BCUT2D eigenvalue weighted by atomic mass is 14.8. The minimum Gasteiger partial charge on any atom is -0.364 e. The van der Waals surface area contributed by atoms with Gasteiger partial charge in [0.15, 0.2) is 5.65 Å². The first kappa shape index (κ1) is 12.2. The van der Waals surface area contributed by atoms with E-state index < -0.39 is 0 Å². The predicted octanol–water partition coefficient (Wildman–Crippen LogP) is 4.23. The van der Waals surface area contributed by atoms with Crippen LogP contribution >= 0.6 is 0 Å². The quantitative estimate of drug-likeness (QED) is 0.691. The Balaban J connectivity index is 2.00. The van der Waals surface area contributed by atoms with Crippen molar-refractivity contribution in [1.29, 1.82) is 0 Å². The van der Waals surface area contributed by atoms with Gasteiger partial charge in [-0.05, 0) is 25.0 Å². The standard InChI is InChI=1S/C16H19N3/c1-2-3-4-5-6-14-15-12(7-9-17-14)11-19-16-13(15)8-10-18-16/h7-11,17H,2-6H2,1H3. The van der Waals surface area contributed by atoms with E-state index in [0.717, 1.165) is 12.1 Å². The average Bonchev–Trinajstić information content (AvgIpc) is 2.92. The van der Waals surface area contributed by atoms with E-state index in [-0.39, 0.29) is 0 Å². The third kappa shape index (κ3) is 2.33. The number of hydrogen-bond donors (Lipinski definition) is 1. The van der Waals surface area contributed by atoms with Crippen LogP contribution in [0.5, 0.6) is 0 Å². The van der Waals surface area contributed by atoms with Crippen LogP contribution in [0.4, 0.5) is 0 Å². The maximum absolute atomic E-state index is 4.40. The Hall–Kier alpha value is -1.90. The summed E-state index contributed by atoms with van der Waals surface area (Å²) in [6.45, 7) is 2.24. The lowest BCUT2D eigenvalue weighted by Gasteiger charge is -2.07. The van der Waals surface area contributed by atoms with Crippen molar-refractivity contribution in [3.05, 3.63) is 36.4 Å². The second-order valence-electron chi connectivity index (χ2n) is 5.04. The first-order chi connectivity index (χ1) is 9.40. The number of H-pyrrole nitrogens is 1. The van der Waals surface area contributed by atoms with Gasteiger partial charge in [-0.25, -0.2) is 9.97 Å². The minimum atomic E-state index is 0.849. The zero-order chi connectivity index (χ0) is 13.1. The topological polar surface area (TPSA) is 41.6 Å². The van der Waals surface area contributed by atoms with Gasteiger partial charge in [-0.15, -0.1) is 0 Å². The number of aromatic nitrogens is 3. The molecule has 0 saturated heterocycles. The van der Waals surface area contributed by atoms with Gasteiger partial charge >= 0.3 is 0 Å². The lowest BCUT2D eigenvalue weighted by atomic mass is 10.0. The number of hydrogen-bond acceptors (Lipinski definition) is 2. The lowest BCUT2D eigenvalue weighted by molar-refractivity contribution is 0.663. The fourth-order valence-electron chi connectivity index (χ4n) is 2.67. The van der Waals surface area contributed by atoms with Crippen LogP contribution in [0, 0.1) is 0 Å². The van der Waals surface area contributed by atoms with Gasteiger partial charge in [0, 0.05) is 40.4 Å². The third-order valence-corrected chi connectivity index (χ3v) is 3.67. The zero-order valence-corrected chi connectivity index (χ0v) is 11.3. The van der Waals surface area contributed by atoms with Crippen molar-refractivity contribution in [3.8, 4) is 0 Å². The summed E-state index contributed by atoms with van der Waals surface area (Å²) in [6, 6.07) is 4.15. The van der Waals surface area contributed by atoms with Crippen LogP contribution in [-0.2, 0) is 6.42 Å². The summed E-state index contributed by atoms with van der Waals surface area (Å²) in [4.78, 5) is 12.1. The molecule has 0 aliphatic carbocycles. The van der Waals surface area contributed by atoms with Crippen molar-refractivity contribution in [2.24, 2.45) is 0 Å². The van der Waals surface area contributed by atoms with Crippen molar-refractivity contribution in [2.45, 2.75) is 39.0 Å². The van der Waals surface area contributed by atoms with E-state index >= 15 is 0 Å². The van der Waals surface area contributed by atoms with Gasteiger partial charge in [0.25, 0.3) is 0 Å². The van der Waals surface area contributed by atoms with Gasteiger partial charge in [0.1, 0.15) is 0 Å². The molecule has 3 aromatic rings. The second kappa shape index (κ2) is 5.39. The smallest absolute Gasteiger partial charge is 0.159 e. The molecule has 0 amide bonds. The average molecular weight is 253 g/mol. The summed E-state index contributed by atoms with van der Waals surface area (Å²) >= 11 is 0. The minimum absolute atomic E-state index is 0.849. The molecule has 0 aliphatic heterocycles. The normalized spacial score (nSPS) is 11.4. The van der Waals surface area contributed by atoms with Crippen molar-refractivity contribution in [2.75, 3.05) is 0 Å². The number of unbranched alkanes of at least 4 members (excludes halogenated alkanes) is 3. The lowest BCUT2D eigenvalue weighted by Crippen LogP contribution is -1.93. The molecule has 0 unspecified atom stereocenters. The molecule has 0 spiro atoms. The van der Waals surface area contributed by atoms with Crippen LogP contribution < -0.4 is 0 Å². The Morgan fingerprint density at radius 1 is 1.11 bits per heavy atom. The molecule has 1 N–H and O–H groups in total. The Labute approximate surface area is 113 Å². The molecule has 3 aromatic heterocycles. The van der Waals surface area contributed by atoms with E-state index in [4.69, 9.17) is 0 Å². The van der Waals surface area contributed by atoms with Gasteiger partial charge in [-0.2, -0.15) is 0 Å². The second-order valence-corrected chi connectivity index (χ2v) is 5.04. The fraction of sp³-hybridized carbons (Fsp3) is 0.375. The molecule has 3 heterocycles. The molecular formula is C16H19N3. The number of nitrogens with zero attached hydrogens (tertiary/aromatic N) is 2. The van der Waals surface area contributed by atoms with E-state index in [1.54, 1.807) is 0 Å². The zero-order valence-electron chi connectivity index (χ0n) is 11.3. The Morgan fingerprint density at radius 2 is 2.05 bits per heavy atom. The molecular weight excluding hydrogens is 234 g/mol. The van der Waals surface area contributed by atoms with E-state index in [9.17, 15) is 0 Å². The number of rotatable bonds is 5. The summed E-state index contributed by atoms with van der Waals surface area (Å²) in [5, 5.41) is 3.66. The third-order valence-electron chi connectivity index (χ3n) is 3.67. The highest BCUT2D eigenvalue weighted by Gasteiger charge is 2.07. The summed E-state index contributed by atoms with van der Waals surface area (Å²) in [5.74, 6) is 0. The molecule has 3 heteroatoms. The number of aryl methyl sites for hydroxylation is 1. The maximum Gasteiger partial charge on any atom is 0.159 e. The van der Waals surface area contributed by atoms with E-state index in [1.165, 1.54) is 47.5 Å². The van der Waals surface area contributed by atoms with Crippen molar-refractivity contribution in [1.82, 2.24) is 15.0 Å². The van der Waals surface area contributed by atoms with Crippen molar-refractivity contribution in [3.63, 3.8) is 0 Å². The Bertz CT molecular complexity index is 685. The van der Waals surface area contributed by atoms with E-state index in [1.807, 2.05) is 18.6 Å². The number of fused-ring (bicyclic) bond motifs is 3. The number of pyridine rings is 2. The maximum atomic E-state index is 4.40. The van der Waals surface area contributed by atoms with Gasteiger partial charge in [-0.3, -0.25) is 0 Å². The molecule has 19 heavy (non-hydrogen) atoms. The Kier molecular flexibility index (Phi) is 3.45. The molecule has 0 fully saturated rings. The molecule has 3 rings (SSSR count). The van der Waals surface area contributed by atoms with Gasteiger partial charge < -0.3 is 4.98 Å². The first-order valence-corrected chi connectivity index (χ1v) is 7.10. The molecule has 3 nitrogen and oxygen atoms in total. The van der Waals surface area contributed by atoms with E-state index in [2.05, 4.69) is 34.0 Å². The Morgan fingerprint density at radius 3 is 2.95 bits per heavy atom. The molecule has 0 aliphatic rings. The number of nitrogens with one attached hydrogen (secondary N) is 1. The van der Waals surface area contributed by atoms with Gasteiger partial charge in [-0.1, -0.05) is 26.2 Å². The van der Waals surface area contributed by atoms with E-state index in [0.29, 0.717) is 0 Å². The van der Waals surface area contributed by atoms with Crippen LogP contribution in [0.25, 0.3) is 21.8 Å². The largest absolute Gasteiger partial charge is 0.364 e. The van der Waals surface area contributed by atoms with Crippen LogP contribution in [-0.4, -0.2) is 15.0 Å². The van der Waals surface area contributed by atoms with Crippen molar-refractivity contribution >= 4 is 21.8 Å². The fourth-order valence-corrected chi connectivity index (χ4v) is 2.67. The first-order valence-electron chi connectivity index (χ1n) is 7.10. The summed E-state index contributed by atoms with van der Waals surface area (Å²) in [7, 11) is 0. The highest BCUT2D eigenvalue weighted by Crippen LogP contribution is 2.26. The summed E-state index contributed by atoms with van der Waals surface area (Å²) in [5.41, 5.74) is 2.16. The monoisotopic (exact) mass is 253 g/mol. The summed E-state index contributed by atoms with van der Waals surface area (Å²) < 4.78 is 0. The van der Waals surface area contributed by atoms with Gasteiger partial charge in [0.2, 0.25) is 0 Å². The predicted molar refractivity (Wildman–Crippen MR) is 79.2 cm³/mol. The summed E-state index contributed by atoms with van der Waals surface area (Å²) in [6.07, 6.45) is 12.0. The van der Waals surface area contributed by atoms with Crippen LogP contribution in [0.2, 0.25) is 0 Å². The molecule has 98 valence electrons. The SMILES string of the molecule is CCCCCCc1[nH]ccc2cnc3nccc3c12. The van der Waals surface area contributed by atoms with Gasteiger partial charge in [0.05, 0.1) is 0 Å². The van der Waals surface area contributed by atoms with Crippen LogP contribution in [0.1, 0.15) is 38.3 Å². The van der Waals surface area contributed by atoms with Crippen LogP contribution in [0.15, 0.2) is 30.7 Å². The molecule has 0 bridgehead atoms. The van der Waals surface area contributed by atoms with Crippen molar-refractivity contribution < 1.29 is 0 Å². The molecule has 0 atom stereocenters. The molecule has 0 saturated carbocycles.